The normalized spacial score (nSPS) is 11.7. The van der Waals surface area contributed by atoms with E-state index in [1.807, 2.05) is 24.3 Å². The van der Waals surface area contributed by atoms with Crippen LogP contribution in [0.25, 0.3) is 6.08 Å². The van der Waals surface area contributed by atoms with Crippen molar-refractivity contribution < 1.29 is 24.2 Å². The van der Waals surface area contributed by atoms with Gasteiger partial charge in [-0.1, -0.05) is 36.9 Å². The summed E-state index contributed by atoms with van der Waals surface area (Å²) in [4.78, 5) is 22.1. The van der Waals surface area contributed by atoms with Crippen LogP contribution >= 0.6 is 0 Å². The largest absolute Gasteiger partial charge is 0.452 e. The predicted octanol–water partition coefficient (Wildman–Crippen LogP) is 0.926. The molecule has 20 heavy (non-hydrogen) atoms. The zero-order chi connectivity index (χ0) is 14.8. The van der Waals surface area contributed by atoms with Gasteiger partial charge in [0, 0.05) is 0 Å². The van der Waals surface area contributed by atoms with Gasteiger partial charge in [-0.3, -0.25) is 9.59 Å². The van der Waals surface area contributed by atoms with Gasteiger partial charge in [0.2, 0.25) is 0 Å². The Hall–Kier alpha value is -2.18. The van der Waals surface area contributed by atoms with Gasteiger partial charge < -0.3 is 14.6 Å². The lowest BCUT2D eigenvalue weighted by atomic mass is 10.0. The molecular weight excluding hydrogens is 262 g/mol. The molecule has 0 saturated carbocycles. The molecule has 1 aromatic carbocycles. The highest BCUT2D eigenvalue weighted by atomic mass is 16.6. The highest BCUT2D eigenvalue weighted by Gasteiger charge is 2.20. The number of hydrogen-bond acceptors (Lipinski definition) is 6. The van der Waals surface area contributed by atoms with E-state index in [1.165, 1.54) is 4.90 Å². The summed E-state index contributed by atoms with van der Waals surface area (Å²) in [7, 11) is 0. The molecule has 0 spiro atoms. The summed E-state index contributed by atoms with van der Waals surface area (Å²) in [6, 6.07) is 6.91. The molecule has 0 aromatic heterocycles. The number of hydrogen-bond donors (Lipinski definition) is 1. The highest BCUT2D eigenvalue weighted by molar-refractivity contribution is 5.47. The van der Waals surface area contributed by atoms with Crippen LogP contribution in [0.2, 0.25) is 0 Å². The Bertz CT molecular complexity index is 420. The molecule has 0 heterocycles. The van der Waals surface area contributed by atoms with Gasteiger partial charge >= 0.3 is 0 Å². The SMILES string of the molecule is C=Cc1ccc(C(CO)N(COC=O)COC=O)cc1. The van der Waals surface area contributed by atoms with Gasteiger partial charge in [-0.25, -0.2) is 4.90 Å². The van der Waals surface area contributed by atoms with Crippen LogP contribution in [0.1, 0.15) is 17.2 Å². The van der Waals surface area contributed by atoms with Crippen LogP contribution in [0.3, 0.4) is 0 Å². The molecule has 1 unspecified atom stereocenters. The van der Waals surface area contributed by atoms with Crippen LogP contribution < -0.4 is 0 Å². The van der Waals surface area contributed by atoms with Gasteiger partial charge in [-0.2, -0.15) is 0 Å². The van der Waals surface area contributed by atoms with E-state index in [9.17, 15) is 14.7 Å². The van der Waals surface area contributed by atoms with E-state index in [-0.39, 0.29) is 20.1 Å². The highest BCUT2D eigenvalue weighted by Crippen LogP contribution is 2.21. The van der Waals surface area contributed by atoms with Crippen molar-refractivity contribution in [2.75, 3.05) is 20.1 Å². The molecule has 0 amide bonds. The van der Waals surface area contributed by atoms with Crippen molar-refractivity contribution >= 4 is 19.0 Å². The lowest BCUT2D eigenvalue weighted by Crippen LogP contribution is -2.35. The van der Waals surface area contributed by atoms with E-state index in [0.29, 0.717) is 12.9 Å². The summed E-state index contributed by atoms with van der Waals surface area (Å²) in [6.45, 7) is 3.86. The number of nitrogens with zero attached hydrogens (tertiary/aromatic N) is 1. The third kappa shape index (κ3) is 4.49. The minimum atomic E-state index is -0.450. The first kappa shape index (κ1) is 15.9. The Balaban J connectivity index is 2.87. The number of benzene rings is 1. The minimum absolute atomic E-state index is 0.0915. The second kappa shape index (κ2) is 8.84. The lowest BCUT2D eigenvalue weighted by molar-refractivity contribution is -0.145. The zero-order valence-electron chi connectivity index (χ0n) is 11.0. The maximum absolute atomic E-state index is 10.3. The van der Waals surface area contributed by atoms with E-state index in [1.54, 1.807) is 6.08 Å². The molecule has 1 aromatic rings. The zero-order valence-corrected chi connectivity index (χ0v) is 11.0. The van der Waals surface area contributed by atoms with Crippen LogP contribution in [0.15, 0.2) is 30.8 Å². The van der Waals surface area contributed by atoms with Crippen LogP contribution in [0.4, 0.5) is 0 Å². The Morgan fingerprint density at radius 2 is 1.70 bits per heavy atom. The van der Waals surface area contributed by atoms with Gasteiger partial charge in [0.05, 0.1) is 12.6 Å². The molecule has 0 bridgehead atoms. The smallest absolute Gasteiger partial charge is 0.294 e. The first-order valence-electron chi connectivity index (χ1n) is 5.94. The summed E-state index contributed by atoms with van der Waals surface area (Å²) in [5.74, 6) is 0. The standard InChI is InChI=1S/C14H17NO5/c1-2-12-3-5-13(6-4-12)14(7-16)15(8-19-10-17)9-20-11-18/h2-6,10-11,14,16H,1,7-9H2. The molecule has 0 radical (unpaired) electrons. The van der Waals surface area contributed by atoms with E-state index < -0.39 is 6.04 Å². The van der Waals surface area contributed by atoms with Gasteiger partial charge in [-0.05, 0) is 11.1 Å². The third-order valence-corrected chi connectivity index (χ3v) is 2.79. The summed E-state index contributed by atoms with van der Waals surface area (Å²) in [6.07, 6.45) is 1.71. The number of aliphatic hydroxyl groups excluding tert-OH is 1. The fourth-order valence-electron chi connectivity index (χ4n) is 1.76. The first-order valence-corrected chi connectivity index (χ1v) is 5.94. The van der Waals surface area contributed by atoms with Crippen LogP contribution in [0.5, 0.6) is 0 Å². The second-order valence-corrected chi connectivity index (χ2v) is 3.94. The number of rotatable bonds is 10. The van der Waals surface area contributed by atoms with E-state index >= 15 is 0 Å². The molecule has 6 nitrogen and oxygen atoms in total. The van der Waals surface area contributed by atoms with Crippen LogP contribution in [0, 0.1) is 0 Å². The number of carbonyl (C=O) groups excluding carboxylic acids is 2. The Morgan fingerprint density at radius 3 is 2.10 bits per heavy atom. The fourth-order valence-corrected chi connectivity index (χ4v) is 1.76. The maximum atomic E-state index is 10.3. The summed E-state index contributed by atoms with van der Waals surface area (Å²) < 4.78 is 9.33. The quantitative estimate of drug-likeness (QED) is 0.507. The van der Waals surface area contributed by atoms with E-state index in [2.05, 4.69) is 16.1 Å². The van der Waals surface area contributed by atoms with Gasteiger partial charge in [-0.15, -0.1) is 0 Å². The molecular formula is C14H17NO5. The predicted molar refractivity (Wildman–Crippen MR) is 72.2 cm³/mol. The Labute approximate surface area is 117 Å². The van der Waals surface area contributed by atoms with Crippen molar-refractivity contribution in [1.29, 1.82) is 0 Å². The summed E-state index contributed by atoms with van der Waals surface area (Å²) >= 11 is 0. The van der Waals surface area contributed by atoms with Crippen LogP contribution in [-0.2, 0) is 19.1 Å². The van der Waals surface area contributed by atoms with E-state index in [4.69, 9.17) is 0 Å². The molecule has 1 atom stereocenters. The van der Waals surface area contributed by atoms with Gasteiger partial charge in [0.15, 0.2) is 0 Å². The topological polar surface area (TPSA) is 76.1 Å². The minimum Gasteiger partial charge on any atom is -0.452 e. The Kier molecular flexibility index (Phi) is 7.02. The average molecular weight is 279 g/mol. The third-order valence-electron chi connectivity index (χ3n) is 2.79. The first-order chi connectivity index (χ1) is 9.76. The number of aliphatic hydroxyl groups is 1. The van der Waals surface area contributed by atoms with Crippen molar-refractivity contribution in [3.63, 3.8) is 0 Å². The molecule has 0 saturated heterocycles. The van der Waals surface area contributed by atoms with Gasteiger partial charge in [0.25, 0.3) is 12.9 Å². The molecule has 0 aliphatic rings. The van der Waals surface area contributed by atoms with Crippen molar-refractivity contribution in [1.82, 2.24) is 4.90 Å². The van der Waals surface area contributed by atoms with Crippen molar-refractivity contribution in [3.05, 3.63) is 42.0 Å². The molecule has 0 aliphatic heterocycles. The lowest BCUT2D eigenvalue weighted by Gasteiger charge is -2.28. The molecule has 1 N–H and O–H groups in total. The molecule has 108 valence electrons. The average Bonchev–Trinajstić information content (AvgIpc) is 2.50. The molecule has 0 fully saturated rings. The molecule has 0 aliphatic carbocycles. The number of ether oxygens (including phenoxy) is 2. The maximum Gasteiger partial charge on any atom is 0.294 e. The Morgan fingerprint density at radius 1 is 1.15 bits per heavy atom. The molecule has 1 rings (SSSR count). The van der Waals surface area contributed by atoms with Gasteiger partial charge in [0.1, 0.15) is 13.5 Å². The monoisotopic (exact) mass is 279 g/mol. The molecule has 6 heteroatoms. The summed E-state index contributed by atoms with van der Waals surface area (Å²) in [5, 5.41) is 9.53. The second-order valence-electron chi connectivity index (χ2n) is 3.94. The fraction of sp³-hybridized carbons (Fsp3) is 0.286. The number of carbonyl (C=O) groups is 2. The summed E-state index contributed by atoms with van der Waals surface area (Å²) in [5.41, 5.74) is 1.76. The van der Waals surface area contributed by atoms with Crippen molar-refractivity contribution in [3.8, 4) is 0 Å². The van der Waals surface area contributed by atoms with Crippen LogP contribution in [-0.4, -0.2) is 43.0 Å². The van der Waals surface area contributed by atoms with Crippen molar-refractivity contribution in [2.24, 2.45) is 0 Å². The van der Waals surface area contributed by atoms with E-state index in [0.717, 1.165) is 11.1 Å². The van der Waals surface area contributed by atoms with Crippen molar-refractivity contribution in [2.45, 2.75) is 6.04 Å².